The molecule has 118 valence electrons. The van der Waals surface area contributed by atoms with Gasteiger partial charge in [-0.2, -0.15) is 11.3 Å². The van der Waals surface area contributed by atoms with E-state index in [2.05, 4.69) is 16.8 Å². The lowest BCUT2D eigenvalue weighted by atomic mass is 9.91. The molecule has 1 unspecified atom stereocenters. The zero-order valence-electron chi connectivity index (χ0n) is 12.6. The second-order valence-electron chi connectivity index (χ2n) is 6.39. The smallest absolute Gasteiger partial charge is 0.230 e. The molecule has 0 radical (unpaired) electrons. The van der Waals surface area contributed by atoms with E-state index in [0.717, 1.165) is 17.7 Å². The topological polar surface area (TPSA) is 63.4 Å². The van der Waals surface area contributed by atoms with E-state index >= 15 is 0 Å². The van der Waals surface area contributed by atoms with E-state index in [-0.39, 0.29) is 23.7 Å². The third-order valence-corrected chi connectivity index (χ3v) is 5.60. The predicted molar refractivity (Wildman–Crippen MR) is 90.4 cm³/mol. The van der Waals surface area contributed by atoms with Gasteiger partial charge >= 0.3 is 0 Å². The zero-order valence-corrected chi connectivity index (χ0v) is 13.5. The molecule has 1 saturated carbocycles. The summed E-state index contributed by atoms with van der Waals surface area (Å²) in [5.74, 6) is -0.145. The molecule has 1 fully saturated rings. The molecule has 0 spiro atoms. The Balaban J connectivity index is 1.60. The Labute approximate surface area is 138 Å². The number of hydrogen-bond acceptors (Lipinski definition) is 3. The standard InChI is InChI=1S/C18H18N2O2S/c19-17(21)13-7-11-3-1-2-4-16(11)20(9-13)18(22)15-8-14(15)12-5-6-23-10-12/h1-6,10,13-15H,7-9H2,(H2,19,21)/t13?,14-,15+/m0/s1. The molecule has 2 aliphatic rings. The van der Waals surface area contributed by atoms with Crippen LogP contribution in [0.2, 0.25) is 0 Å². The number of nitrogens with zero attached hydrogens (tertiary/aromatic N) is 1. The van der Waals surface area contributed by atoms with Crippen LogP contribution in [0.25, 0.3) is 0 Å². The van der Waals surface area contributed by atoms with Crippen LogP contribution in [0.4, 0.5) is 5.69 Å². The molecule has 1 aliphatic carbocycles. The first-order valence-corrected chi connectivity index (χ1v) is 8.80. The Morgan fingerprint density at radius 2 is 2.04 bits per heavy atom. The van der Waals surface area contributed by atoms with Crippen LogP contribution in [0.1, 0.15) is 23.5 Å². The Kier molecular flexibility index (Phi) is 3.45. The van der Waals surface area contributed by atoms with Crippen molar-refractivity contribution < 1.29 is 9.59 Å². The van der Waals surface area contributed by atoms with Gasteiger partial charge in [-0.3, -0.25) is 9.59 Å². The summed E-state index contributed by atoms with van der Waals surface area (Å²) in [6.45, 7) is 0.401. The number of fused-ring (bicyclic) bond motifs is 1. The van der Waals surface area contributed by atoms with Gasteiger partial charge in [0, 0.05) is 18.2 Å². The molecule has 1 aromatic heterocycles. The van der Waals surface area contributed by atoms with Crippen LogP contribution in [0.15, 0.2) is 41.1 Å². The first-order chi connectivity index (χ1) is 11.1. The first-order valence-electron chi connectivity index (χ1n) is 7.86. The third kappa shape index (κ3) is 2.55. The summed E-state index contributed by atoms with van der Waals surface area (Å²) in [4.78, 5) is 26.4. The van der Waals surface area contributed by atoms with Crippen LogP contribution in [-0.4, -0.2) is 18.4 Å². The zero-order chi connectivity index (χ0) is 16.0. The molecule has 1 aliphatic heterocycles. The molecule has 5 heteroatoms. The van der Waals surface area contributed by atoms with Gasteiger partial charge in [-0.15, -0.1) is 0 Å². The molecule has 2 heterocycles. The van der Waals surface area contributed by atoms with E-state index < -0.39 is 0 Å². The highest BCUT2D eigenvalue weighted by Crippen LogP contribution is 2.50. The minimum absolute atomic E-state index is 0.0317. The van der Waals surface area contributed by atoms with Crippen molar-refractivity contribution in [2.45, 2.75) is 18.8 Å². The van der Waals surface area contributed by atoms with Gasteiger partial charge in [0.15, 0.2) is 0 Å². The van der Waals surface area contributed by atoms with Crippen LogP contribution >= 0.6 is 11.3 Å². The number of rotatable bonds is 3. The van der Waals surface area contributed by atoms with Gasteiger partial charge in [0.2, 0.25) is 11.8 Å². The predicted octanol–water partition coefficient (Wildman–Crippen LogP) is 2.54. The number of amides is 2. The van der Waals surface area contributed by atoms with Crippen molar-refractivity contribution in [3.63, 3.8) is 0 Å². The molecular formula is C18H18N2O2S. The van der Waals surface area contributed by atoms with E-state index in [1.807, 2.05) is 24.3 Å². The Morgan fingerprint density at radius 1 is 1.22 bits per heavy atom. The van der Waals surface area contributed by atoms with Gasteiger partial charge in [0.25, 0.3) is 0 Å². The SMILES string of the molecule is NC(=O)C1Cc2ccccc2N(C(=O)[C@@H]2C[C@H]2c2ccsc2)C1. The average Bonchev–Trinajstić information content (AvgIpc) is 3.18. The normalized spacial score (nSPS) is 25.7. The molecule has 0 bridgehead atoms. The van der Waals surface area contributed by atoms with Crippen molar-refractivity contribution in [1.29, 1.82) is 0 Å². The van der Waals surface area contributed by atoms with Gasteiger partial charge in [-0.05, 0) is 52.8 Å². The summed E-state index contributed by atoms with van der Waals surface area (Å²) >= 11 is 1.66. The van der Waals surface area contributed by atoms with Gasteiger partial charge in [0.1, 0.15) is 0 Å². The number of thiophene rings is 1. The number of carbonyl (C=O) groups excluding carboxylic acids is 2. The van der Waals surface area contributed by atoms with Gasteiger partial charge < -0.3 is 10.6 Å². The fraction of sp³-hybridized carbons (Fsp3) is 0.333. The van der Waals surface area contributed by atoms with E-state index in [1.54, 1.807) is 16.2 Å². The maximum Gasteiger partial charge on any atom is 0.230 e. The molecule has 23 heavy (non-hydrogen) atoms. The van der Waals surface area contributed by atoms with Gasteiger partial charge in [-0.25, -0.2) is 0 Å². The highest BCUT2D eigenvalue weighted by molar-refractivity contribution is 7.08. The molecule has 0 saturated heterocycles. The molecule has 2 aromatic rings. The number of carbonyl (C=O) groups is 2. The van der Waals surface area contributed by atoms with Crippen molar-refractivity contribution in [1.82, 2.24) is 0 Å². The molecular weight excluding hydrogens is 308 g/mol. The minimum atomic E-state index is -0.331. The van der Waals surface area contributed by atoms with Crippen molar-refractivity contribution in [3.8, 4) is 0 Å². The quantitative estimate of drug-likeness (QED) is 0.942. The van der Waals surface area contributed by atoms with Gasteiger partial charge in [-0.1, -0.05) is 18.2 Å². The lowest BCUT2D eigenvalue weighted by molar-refractivity contribution is -0.122. The summed E-state index contributed by atoms with van der Waals surface area (Å²) in [6, 6.07) is 9.92. The number of anilines is 1. The highest BCUT2D eigenvalue weighted by Gasteiger charge is 2.47. The molecule has 2 N–H and O–H groups in total. The fourth-order valence-corrected chi connectivity index (χ4v) is 4.24. The first kappa shape index (κ1) is 14.5. The highest BCUT2D eigenvalue weighted by atomic mass is 32.1. The lowest BCUT2D eigenvalue weighted by Crippen LogP contribution is -2.45. The van der Waals surface area contributed by atoms with Crippen molar-refractivity contribution >= 4 is 28.8 Å². The van der Waals surface area contributed by atoms with Crippen LogP contribution < -0.4 is 10.6 Å². The fourth-order valence-electron chi connectivity index (χ4n) is 3.52. The van der Waals surface area contributed by atoms with Crippen LogP contribution in [0, 0.1) is 11.8 Å². The molecule has 2 amide bonds. The lowest BCUT2D eigenvalue weighted by Gasteiger charge is -2.33. The maximum atomic E-state index is 13.0. The number of nitrogens with two attached hydrogens (primary N) is 1. The maximum absolute atomic E-state index is 13.0. The van der Waals surface area contributed by atoms with Gasteiger partial charge in [0.05, 0.1) is 5.92 Å². The second kappa shape index (κ2) is 5.49. The monoisotopic (exact) mass is 326 g/mol. The van der Waals surface area contributed by atoms with E-state index in [1.165, 1.54) is 5.56 Å². The van der Waals surface area contributed by atoms with Crippen molar-refractivity contribution in [2.75, 3.05) is 11.4 Å². The van der Waals surface area contributed by atoms with E-state index in [9.17, 15) is 9.59 Å². The molecule has 4 rings (SSSR count). The number of hydrogen-bond donors (Lipinski definition) is 1. The second-order valence-corrected chi connectivity index (χ2v) is 7.17. The third-order valence-electron chi connectivity index (χ3n) is 4.90. The Morgan fingerprint density at radius 3 is 2.78 bits per heavy atom. The van der Waals surface area contributed by atoms with Crippen LogP contribution in [-0.2, 0) is 16.0 Å². The summed E-state index contributed by atoms with van der Waals surface area (Å²) in [5.41, 5.74) is 8.73. The van der Waals surface area contributed by atoms with Crippen LogP contribution in [0.5, 0.6) is 0 Å². The van der Waals surface area contributed by atoms with Crippen molar-refractivity contribution in [2.24, 2.45) is 17.6 Å². The average molecular weight is 326 g/mol. The summed E-state index contributed by atoms with van der Waals surface area (Å²) in [6.07, 6.45) is 1.52. The van der Waals surface area contributed by atoms with E-state index in [4.69, 9.17) is 5.73 Å². The number of para-hydroxylation sites is 1. The Hall–Kier alpha value is -2.14. The Bertz CT molecular complexity index is 756. The largest absolute Gasteiger partial charge is 0.369 e. The number of benzene rings is 1. The summed E-state index contributed by atoms with van der Waals surface area (Å²) < 4.78 is 0. The summed E-state index contributed by atoms with van der Waals surface area (Å²) in [5, 5.41) is 4.17. The van der Waals surface area contributed by atoms with Crippen molar-refractivity contribution in [3.05, 3.63) is 52.2 Å². The number of primary amides is 1. The molecule has 1 aromatic carbocycles. The minimum Gasteiger partial charge on any atom is -0.369 e. The van der Waals surface area contributed by atoms with Crippen LogP contribution in [0.3, 0.4) is 0 Å². The molecule has 3 atom stereocenters. The summed E-state index contributed by atoms with van der Waals surface area (Å²) in [7, 11) is 0. The van der Waals surface area contributed by atoms with E-state index in [0.29, 0.717) is 18.9 Å². The molecule has 4 nitrogen and oxygen atoms in total.